The van der Waals surface area contributed by atoms with Gasteiger partial charge >= 0.3 is 0 Å². The molecule has 0 aromatic carbocycles. The highest BCUT2D eigenvalue weighted by molar-refractivity contribution is 5.16. The molecule has 1 aliphatic heterocycles. The number of aryl methyl sites for hydroxylation is 1. The summed E-state index contributed by atoms with van der Waals surface area (Å²) in [6.07, 6.45) is 1.13. The van der Waals surface area contributed by atoms with Crippen LogP contribution in [0.2, 0.25) is 0 Å². The second kappa shape index (κ2) is 3.73. The Balaban J connectivity index is 2.08. The molecule has 14 heavy (non-hydrogen) atoms. The Morgan fingerprint density at radius 2 is 2.14 bits per heavy atom. The molecule has 1 aromatic rings. The summed E-state index contributed by atoms with van der Waals surface area (Å²) in [5.74, 6) is 2.43. The molecular weight excluding hydrogens is 174 g/mol. The van der Waals surface area contributed by atoms with E-state index in [1.165, 1.54) is 11.4 Å². The summed E-state index contributed by atoms with van der Waals surface area (Å²) in [4.78, 5) is 8.01. The Morgan fingerprint density at radius 3 is 2.57 bits per heavy atom. The van der Waals surface area contributed by atoms with E-state index in [0.29, 0.717) is 5.92 Å². The number of hydrogen-bond acceptors (Lipinski definition) is 2. The summed E-state index contributed by atoms with van der Waals surface area (Å²) in [6, 6.07) is 0. The molecule has 1 aromatic heterocycles. The SMILES string of the molecule is Cc1[nH]c(C(C)C)nc1CC1CNC1. The van der Waals surface area contributed by atoms with Crippen LogP contribution in [0.15, 0.2) is 0 Å². The number of hydrogen-bond donors (Lipinski definition) is 2. The van der Waals surface area contributed by atoms with Gasteiger partial charge in [-0.25, -0.2) is 4.98 Å². The molecule has 0 radical (unpaired) electrons. The Kier molecular flexibility index (Phi) is 2.59. The van der Waals surface area contributed by atoms with Crippen LogP contribution in [-0.4, -0.2) is 23.1 Å². The van der Waals surface area contributed by atoms with Gasteiger partial charge in [-0.1, -0.05) is 13.8 Å². The van der Waals surface area contributed by atoms with Gasteiger partial charge < -0.3 is 10.3 Å². The van der Waals surface area contributed by atoms with Gasteiger partial charge in [0, 0.05) is 11.6 Å². The maximum atomic E-state index is 4.65. The zero-order valence-corrected chi connectivity index (χ0v) is 9.22. The highest BCUT2D eigenvalue weighted by atomic mass is 15.0. The second-order valence-corrected chi connectivity index (χ2v) is 4.58. The summed E-state index contributed by atoms with van der Waals surface area (Å²) in [5.41, 5.74) is 2.51. The third-order valence-corrected chi connectivity index (χ3v) is 2.90. The van der Waals surface area contributed by atoms with Crippen molar-refractivity contribution >= 4 is 0 Å². The molecule has 0 saturated carbocycles. The van der Waals surface area contributed by atoms with Crippen molar-refractivity contribution in [2.24, 2.45) is 5.92 Å². The topological polar surface area (TPSA) is 40.7 Å². The molecule has 0 spiro atoms. The first kappa shape index (κ1) is 9.71. The predicted octanol–water partition coefficient (Wildman–Crippen LogP) is 1.60. The summed E-state index contributed by atoms with van der Waals surface area (Å²) in [6.45, 7) is 8.78. The van der Waals surface area contributed by atoms with Gasteiger partial charge in [-0.05, 0) is 32.4 Å². The van der Waals surface area contributed by atoms with Crippen LogP contribution >= 0.6 is 0 Å². The minimum Gasteiger partial charge on any atom is -0.346 e. The monoisotopic (exact) mass is 193 g/mol. The summed E-state index contributed by atoms with van der Waals surface area (Å²) in [7, 11) is 0. The zero-order valence-electron chi connectivity index (χ0n) is 9.22. The Labute approximate surface area is 85.3 Å². The molecule has 0 amide bonds. The van der Waals surface area contributed by atoms with Gasteiger partial charge in [-0.2, -0.15) is 0 Å². The largest absolute Gasteiger partial charge is 0.346 e. The molecule has 3 heteroatoms. The summed E-state index contributed by atoms with van der Waals surface area (Å²) < 4.78 is 0. The van der Waals surface area contributed by atoms with Gasteiger partial charge in [0.15, 0.2) is 0 Å². The van der Waals surface area contributed by atoms with Crippen LogP contribution < -0.4 is 5.32 Å². The standard InChI is InChI=1S/C11H19N3/c1-7(2)11-13-8(3)10(14-11)4-9-5-12-6-9/h7,9,12H,4-6H2,1-3H3,(H,13,14). The van der Waals surface area contributed by atoms with Crippen LogP contribution in [0, 0.1) is 12.8 Å². The van der Waals surface area contributed by atoms with Crippen molar-refractivity contribution in [3.63, 3.8) is 0 Å². The van der Waals surface area contributed by atoms with E-state index < -0.39 is 0 Å². The highest BCUT2D eigenvalue weighted by Crippen LogP contribution is 2.17. The average Bonchev–Trinajstić information content (AvgIpc) is 2.40. The number of nitrogens with zero attached hydrogens (tertiary/aromatic N) is 1. The average molecular weight is 193 g/mol. The van der Waals surface area contributed by atoms with Crippen molar-refractivity contribution in [3.05, 3.63) is 17.2 Å². The number of H-pyrrole nitrogens is 1. The Bertz CT molecular complexity index is 310. The van der Waals surface area contributed by atoms with E-state index in [-0.39, 0.29) is 0 Å². The van der Waals surface area contributed by atoms with Crippen LogP contribution in [-0.2, 0) is 6.42 Å². The van der Waals surface area contributed by atoms with Crippen LogP contribution in [0.25, 0.3) is 0 Å². The fraction of sp³-hybridized carbons (Fsp3) is 0.727. The van der Waals surface area contributed by atoms with Crippen molar-refractivity contribution in [3.8, 4) is 0 Å². The van der Waals surface area contributed by atoms with Gasteiger partial charge in [0.25, 0.3) is 0 Å². The third kappa shape index (κ3) is 1.82. The first-order chi connectivity index (χ1) is 6.66. The number of aromatic nitrogens is 2. The first-order valence-corrected chi connectivity index (χ1v) is 5.43. The fourth-order valence-corrected chi connectivity index (χ4v) is 1.76. The van der Waals surface area contributed by atoms with E-state index in [9.17, 15) is 0 Å². The van der Waals surface area contributed by atoms with Gasteiger partial charge in [-0.3, -0.25) is 0 Å². The molecule has 0 aliphatic carbocycles. The summed E-state index contributed by atoms with van der Waals surface area (Å²) in [5, 5.41) is 3.29. The van der Waals surface area contributed by atoms with E-state index in [1.54, 1.807) is 0 Å². The zero-order chi connectivity index (χ0) is 10.1. The van der Waals surface area contributed by atoms with E-state index in [4.69, 9.17) is 0 Å². The lowest BCUT2D eigenvalue weighted by Crippen LogP contribution is -2.43. The highest BCUT2D eigenvalue weighted by Gasteiger charge is 2.20. The number of rotatable bonds is 3. The van der Waals surface area contributed by atoms with Crippen molar-refractivity contribution in [2.75, 3.05) is 13.1 Å². The number of nitrogens with one attached hydrogen (secondary N) is 2. The Morgan fingerprint density at radius 1 is 1.43 bits per heavy atom. The normalized spacial score (nSPS) is 17.4. The van der Waals surface area contributed by atoms with Crippen molar-refractivity contribution < 1.29 is 0 Å². The molecule has 1 aliphatic rings. The lowest BCUT2D eigenvalue weighted by molar-refractivity contribution is 0.344. The number of aromatic amines is 1. The van der Waals surface area contributed by atoms with Gasteiger partial charge in [0.2, 0.25) is 0 Å². The molecule has 1 fully saturated rings. The maximum Gasteiger partial charge on any atom is 0.109 e. The molecule has 2 N–H and O–H groups in total. The maximum absolute atomic E-state index is 4.65. The van der Waals surface area contributed by atoms with E-state index in [1.807, 2.05) is 0 Å². The van der Waals surface area contributed by atoms with Crippen LogP contribution in [0.1, 0.15) is 37.0 Å². The lowest BCUT2D eigenvalue weighted by Gasteiger charge is -2.26. The molecule has 78 valence electrons. The van der Waals surface area contributed by atoms with Crippen LogP contribution in [0.3, 0.4) is 0 Å². The lowest BCUT2D eigenvalue weighted by atomic mass is 9.97. The molecule has 1 saturated heterocycles. The molecular formula is C11H19N3. The number of imidazole rings is 1. The first-order valence-electron chi connectivity index (χ1n) is 5.43. The molecule has 3 nitrogen and oxygen atoms in total. The Hall–Kier alpha value is -0.830. The second-order valence-electron chi connectivity index (χ2n) is 4.58. The third-order valence-electron chi connectivity index (χ3n) is 2.90. The van der Waals surface area contributed by atoms with Crippen molar-refractivity contribution in [2.45, 2.75) is 33.1 Å². The minimum atomic E-state index is 0.502. The minimum absolute atomic E-state index is 0.502. The molecule has 0 unspecified atom stereocenters. The van der Waals surface area contributed by atoms with Gasteiger partial charge in [0.1, 0.15) is 5.82 Å². The fourth-order valence-electron chi connectivity index (χ4n) is 1.76. The molecule has 2 rings (SSSR count). The van der Waals surface area contributed by atoms with Crippen LogP contribution in [0.4, 0.5) is 0 Å². The van der Waals surface area contributed by atoms with E-state index in [0.717, 1.165) is 31.3 Å². The predicted molar refractivity (Wildman–Crippen MR) is 57.5 cm³/mol. The van der Waals surface area contributed by atoms with Crippen molar-refractivity contribution in [1.29, 1.82) is 0 Å². The molecule has 0 atom stereocenters. The van der Waals surface area contributed by atoms with Gasteiger partial charge in [-0.15, -0.1) is 0 Å². The molecule has 0 bridgehead atoms. The summed E-state index contributed by atoms with van der Waals surface area (Å²) >= 11 is 0. The quantitative estimate of drug-likeness (QED) is 0.765. The van der Waals surface area contributed by atoms with E-state index >= 15 is 0 Å². The van der Waals surface area contributed by atoms with Crippen molar-refractivity contribution in [1.82, 2.24) is 15.3 Å². The van der Waals surface area contributed by atoms with Gasteiger partial charge in [0.05, 0.1) is 5.69 Å². The smallest absolute Gasteiger partial charge is 0.109 e. The van der Waals surface area contributed by atoms with Crippen LogP contribution in [0.5, 0.6) is 0 Å². The molecule has 2 heterocycles. The van der Waals surface area contributed by atoms with E-state index in [2.05, 4.69) is 36.1 Å².